The molecule has 0 spiro atoms. The van der Waals surface area contributed by atoms with E-state index in [4.69, 9.17) is 0 Å². The number of aldehydes is 1. The average Bonchev–Trinajstić information content (AvgIpc) is 2.30. The van der Waals surface area contributed by atoms with Crippen molar-refractivity contribution >= 4 is 16.4 Å². The number of rotatable bonds is 12. The van der Waals surface area contributed by atoms with Crippen LogP contribution in [-0.4, -0.2) is 38.3 Å². The lowest BCUT2D eigenvalue weighted by molar-refractivity contribution is -0.123. The Morgan fingerprint density at radius 1 is 1.05 bits per heavy atom. The van der Waals surface area contributed by atoms with Gasteiger partial charge in [0, 0.05) is 0 Å². The molecule has 0 radical (unpaired) electrons. The maximum atomic E-state index is 10.7. The van der Waals surface area contributed by atoms with Crippen molar-refractivity contribution in [3.8, 4) is 0 Å². The zero-order valence-corrected chi connectivity index (χ0v) is 12.7. The summed E-state index contributed by atoms with van der Waals surface area (Å²) in [5, 5.41) is 9.46. The van der Waals surface area contributed by atoms with E-state index in [-0.39, 0.29) is 6.61 Å². The van der Waals surface area contributed by atoms with Crippen molar-refractivity contribution in [2.24, 2.45) is 0 Å². The molecule has 114 valence electrons. The van der Waals surface area contributed by atoms with Crippen molar-refractivity contribution in [3.05, 3.63) is 0 Å². The van der Waals surface area contributed by atoms with E-state index in [1.54, 1.807) is 0 Å². The van der Waals surface area contributed by atoms with Gasteiger partial charge in [-0.3, -0.25) is 4.18 Å². The first-order chi connectivity index (χ1) is 8.77. The van der Waals surface area contributed by atoms with Gasteiger partial charge >= 0.3 is 0 Å². The molecular formula is C13H26O5S. The van der Waals surface area contributed by atoms with Gasteiger partial charge in [-0.1, -0.05) is 38.5 Å². The van der Waals surface area contributed by atoms with Crippen molar-refractivity contribution in [2.75, 3.05) is 12.9 Å². The summed E-state index contributed by atoms with van der Waals surface area (Å²) in [4.78, 5) is 10.5. The minimum absolute atomic E-state index is 0.265. The van der Waals surface area contributed by atoms with Crippen LogP contribution in [0.3, 0.4) is 0 Å². The van der Waals surface area contributed by atoms with Gasteiger partial charge in [0.1, 0.15) is 5.60 Å². The molecule has 0 aromatic rings. The maximum absolute atomic E-state index is 10.7. The molecule has 0 rings (SSSR count). The molecule has 1 unspecified atom stereocenters. The van der Waals surface area contributed by atoms with Crippen LogP contribution in [0.5, 0.6) is 0 Å². The Labute approximate surface area is 116 Å². The van der Waals surface area contributed by atoms with Crippen LogP contribution in [0.4, 0.5) is 0 Å². The maximum Gasteiger partial charge on any atom is 0.264 e. The monoisotopic (exact) mass is 294 g/mol. The van der Waals surface area contributed by atoms with Crippen LogP contribution in [0.15, 0.2) is 0 Å². The lowest BCUT2D eigenvalue weighted by Crippen LogP contribution is -2.25. The van der Waals surface area contributed by atoms with Gasteiger partial charge in [0.2, 0.25) is 0 Å². The molecule has 6 heteroatoms. The largest absolute Gasteiger partial charge is 0.383 e. The molecule has 0 amide bonds. The molecule has 1 N–H and O–H groups in total. The first-order valence-electron chi connectivity index (χ1n) is 6.80. The highest BCUT2D eigenvalue weighted by molar-refractivity contribution is 7.85. The highest BCUT2D eigenvalue weighted by atomic mass is 32.2. The van der Waals surface area contributed by atoms with Gasteiger partial charge in [-0.15, -0.1) is 0 Å². The van der Waals surface area contributed by atoms with Gasteiger partial charge < -0.3 is 9.90 Å². The number of unbranched alkanes of at least 4 members (excludes halogenated alkanes) is 6. The third-order valence-electron chi connectivity index (χ3n) is 2.88. The summed E-state index contributed by atoms with van der Waals surface area (Å²) >= 11 is 0. The summed E-state index contributed by atoms with van der Waals surface area (Å²) in [6.07, 6.45) is 8.94. The second kappa shape index (κ2) is 9.44. The molecule has 19 heavy (non-hydrogen) atoms. The Kier molecular flexibility index (Phi) is 9.22. The molecule has 0 saturated heterocycles. The molecule has 0 aliphatic carbocycles. The molecule has 0 aliphatic rings. The van der Waals surface area contributed by atoms with E-state index in [1.807, 2.05) is 0 Å². The molecule has 1 atom stereocenters. The first-order valence-corrected chi connectivity index (χ1v) is 8.61. The molecule has 0 heterocycles. The van der Waals surface area contributed by atoms with E-state index in [9.17, 15) is 18.3 Å². The summed E-state index contributed by atoms with van der Waals surface area (Å²) in [7, 11) is -3.30. The molecule has 0 aromatic heterocycles. The molecule has 0 fully saturated rings. The molecule has 0 saturated carbocycles. The number of carbonyl (C=O) groups excluding carboxylic acids is 1. The highest BCUT2D eigenvalue weighted by Crippen LogP contribution is 2.14. The molecule has 0 bridgehead atoms. The quantitative estimate of drug-likeness (QED) is 0.338. The van der Waals surface area contributed by atoms with Crippen molar-refractivity contribution in [1.82, 2.24) is 0 Å². The Bertz CT molecular complexity index is 335. The summed E-state index contributed by atoms with van der Waals surface area (Å²) in [6.45, 7) is 1.79. The van der Waals surface area contributed by atoms with Gasteiger partial charge in [0.25, 0.3) is 10.1 Å². The van der Waals surface area contributed by atoms with Crippen molar-refractivity contribution in [3.63, 3.8) is 0 Å². The van der Waals surface area contributed by atoms with Crippen molar-refractivity contribution in [1.29, 1.82) is 0 Å². The standard InChI is InChI=1S/C13H26O5S/c1-13(15,12-14)10-8-6-4-3-5-7-9-11-18-19(2,16)17/h12,15H,3-11H2,1-2H3. The minimum Gasteiger partial charge on any atom is -0.383 e. The lowest BCUT2D eigenvalue weighted by Gasteiger charge is -2.14. The predicted molar refractivity (Wildman–Crippen MR) is 74.4 cm³/mol. The molecular weight excluding hydrogens is 268 g/mol. The fraction of sp³-hybridized carbons (Fsp3) is 0.923. The summed E-state index contributed by atoms with van der Waals surface area (Å²) in [6, 6.07) is 0. The van der Waals surface area contributed by atoms with Gasteiger partial charge in [-0.2, -0.15) is 8.42 Å². The third-order valence-corrected chi connectivity index (χ3v) is 3.47. The van der Waals surface area contributed by atoms with E-state index in [0.717, 1.165) is 51.2 Å². The molecule has 0 aromatic carbocycles. The van der Waals surface area contributed by atoms with Gasteiger partial charge in [0.15, 0.2) is 6.29 Å². The lowest BCUT2D eigenvalue weighted by atomic mass is 9.99. The van der Waals surface area contributed by atoms with Gasteiger partial charge in [-0.05, 0) is 19.8 Å². The minimum atomic E-state index is -3.30. The van der Waals surface area contributed by atoms with Crippen LogP contribution >= 0.6 is 0 Å². The Hall–Kier alpha value is -0.460. The number of hydrogen-bond donors (Lipinski definition) is 1. The molecule has 0 aliphatic heterocycles. The van der Waals surface area contributed by atoms with Crippen LogP contribution < -0.4 is 0 Å². The highest BCUT2D eigenvalue weighted by Gasteiger charge is 2.17. The van der Waals surface area contributed by atoms with E-state index >= 15 is 0 Å². The van der Waals surface area contributed by atoms with Gasteiger partial charge in [0.05, 0.1) is 12.9 Å². The van der Waals surface area contributed by atoms with Crippen LogP contribution in [0, 0.1) is 0 Å². The Balaban J connectivity index is 3.26. The van der Waals surface area contributed by atoms with E-state index < -0.39 is 15.7 Å². The summed E-state index contributed by atoms with van der Waals surface area (Å²) in [5.74, 6) is 0. The van der Waals surface area contributed by atoms with Crippen molar-refractivity contribution < 1.29 is 22.5 Å². The number of hydrogen-bond acceptors (Lipinski definition) is 5. The topological polar surface area (TPSA) is 80.7 Å². The SMILES string of the molecule is CC(O)(C=O)CCCCCCCCCOS(C)(=O)=O. The van der Waals surface area contributed by atoms with Crippen LogP contribution in [-0.2, 0) is 19.1 Å². The Morgan fingerprint density at radius 2 is 1.53 bits per heavy atom. The van der Waals surface area contributed by atoms with Gasteiger partial charge in [-0.25, -0.2) is 0 Å². The Morgan fingerprint density at radius 3 is 2.00 bits per heavy atom. The number of aliphatic hydroxyl groups is 1. The zero-order valence-electron chi connectivity index (χ0n) is 11.9. The molecule has 5 nitrogen and oxygen atoms in total. The number of carbonyl (C=O) groups is 1. The predicted octanol–water partition coefficient (Wildman–Crippen LogP) is 2.03. The van der Waals surface area contributed by atoms with Crippen molar-refractivity contribution in [2.45, 2.75) is 63.9 Å². The van der Waals surface area contributed by atoms with E-state index in [0.29, 0.717) is 12.7 Å². The van der Waals surface area contributed by atoms with Crippen LogP contribution in [0.25, 0.3) is 0 Å². The third kappa shape index (κ3) is 13.8. The van der Waals surface area contributed by atoms with E-state index in [2.05, 4.69) is 4.18 Å². The van der Waals surface area contributed by atoms with Crippen LogP contribution in [0.1, 0.15) is 58.3 Å². The smallest absolute Gasteiger partial charge is 0.264 e. The second-order valence-corrected chi connectivity index (χ2v) is 6.87. The zero-order chi connectivity index (χ0) is 14.8. The second-order valence-electron chi connectivity index (χ2n) is 5.23. The summed E-state index contributed by atoms with van der Waals surface area (Å²) < 4.78 is 26.0. The first kappa shape index (κ1) is 18.5. The fourth-order valence-corrected chi connectivity index (χ4v) is 2.16. The summed E-state index contributed by atoms with van der Waals surface area (Å²) in [5.41, 5.74) is -1.18. The van der Waals surface area contributed by atoms with Crippen LogP contribution in [0.2, 0.25) is 0 Å². The fourth-order valence-electron chi connectivity index (χ4n) is 1.74. The van der Waals surface area contributed by atoms with E-state index in [1.165, 1.54) is 6.92 Å². The average molecular weight is 294 g/mol. The normalized spacial score (nSPS) is 15.1.